The molecule has 4 rings (SSSR count). The van der Waals surface area contributed by atoms with Crippen molar-refractivity contribution in [1.82, 2.24) is 20.3 Å². The molecule has 0 unspecified atom stereocenters. The summed E-state index contributed by atoms with van der Waals surface area (Å²) in [5.74, 6) is -0.782. The summed E-state index contributed by atoms with van der Waals surface area (Å²) >= 11 is 1.55. The molecule has 0 bridgehead atoms. The summed E-state index contributed by atoms with van der Waals surface area (Å²) in [6, 6.07) is 5.23. The number of carbonyl (C=O) groups is 1. The predicted octanol–water partition coefficient (Wildman–Crippen LogP) is 4.53. The Balaban J connectivity index is 1.50. The van der Waals surface area contributed by atoms with Crippen molar-refractivity contribution < 1.29 is 27.4 Å². The number of ether oxygens (including phenoxy) is 2. The van der Waals surface area contributed by atoms with Crippen molar-refractivity contribution in [3.8, 4) is 16.3 Å². The van der Waals surface area contributed by atoms with Gasteiger partial charge in [0, 0.05) is 59.2 Å². The summed E-state index contributed by atoms with van der Waals surface area (Å²) in [7, 11) is 0. The first-order valence-corrected chi connectivity index (χ1v) is 11.6. The first-order valence-electron chi connectivity index (χ1n) is 10.8. The zero-order valence-electron chi connectivity index (χ0n) is 18.4. The van der Waals surface area contributed by atoms with E-state index in [0.717, 1.165) is 40.7 Å². The summed E-state index contributed by atoms with van der Waals surface area (Å²) in [6.45, 7) is 3.87. The molecule has 2 aromatic heterocycles. The van der Waals surface area contributed by atoms with Crippen LogP contribution in [0.25, 0.3) is 10.6 Å². The van der Waals surface area contributed by atoms with Crippen LogP contribution in [0.15, 0.2) is 36.8 Å². The van der Waals surface area contributed by atoms with E-state index in [4.69, 9.17) is 9.47 Å². The Kier molecular flexibility index (Phi) is 7.42. The number of hydrogen-bond acceptors (Lipinski definition) is 7. The van der Waals surface area contributed by atoms with Crippen LogP contribution in [0.2, 0.25) is 0 Å². The summed E-state index contributed by atoms with van der Waals surface area (Å²) in [4.78, 5) is 25.1. The van der Waals surface area contributed by atoms with E-state index in [2.05, 4.69) is 20.3 Å². The molecule has 1 atom stereocenters. The Bertz CT molecular complexity index is 1130. The van der Waals surface area contributed by atoms with Gasteiger partial charge in [-0.25, -0.2) is 15.0 Å². The number of nitrogens with one attached hydrogen (secondary N) is 1. The van der Waals surface area contributed by atoms with Crippen molar-refractivity contribution >= 4 is 17.2 Å². The van der Waals surface area contributed by atoms with E-state index in [9.17, 15) is 18.0 Å². The molecule has 3 heterocycles. The molecule has 1 N–H and O–H groups in total. The predicted molar refractivity (Wildman–Crippen MR) is 120 cm³/mol. The van der Waals surface area contributed by atoms with E-state index in [-0.39, 0.29) is 6.54 Å². The molecule has 0 saturated carbocycles. The lowest BCUT2D eigenvalue weighted by molar-refractivity contribution is -0.145. The molecule has 1 aromatic carbocycles. The molecular weight excluding hydrogens is 469 g/mol. The van der Waals surface area contributed by atoms with E-state index in [1.165, 1.54) is 0 Å². The maximum atomic E-state index is 12.9. The van der Waals surface area contributed by atoms with E-state index >= 15 is 0 Å². The second-order valence-electron chi connectivity index (χ2n) is 7.87. The van der Waals surface area contributed by atoms with Crippen molar-refractivity contribution in [1.29, 1.82) is 0 Å². The van der Waals surface area contributed by atoms with Crippen LogP contribution in [0.4, 0.5) is 13.2 Å². The average molecular weight is 493 g/mol. The fraction of sp³-hybridized carbons (Fsp3) is 0.391. The SMILES string of the molecule is CCc1cnc(-c2cc(OC[C@H]3CCOC3)cc(C(=O)NCc3cnc(C(F)(F)F)nc3)c2)s1. The zero-order chi connectivity index (χ0) is 24.1. The highest BCUT2D eigenvalue weighted by molar-refractivity contribution is 7.15. The van der Waals surface area contributed by atoms with E-state index in [1.807, 2.05) is 19.2 Å². The summed E-state index contributed by atoms with van der Waals surface area (Å²) in [5, 5.41) is 3.47. The standard InChI is InChI=1S/C23H23F3N4O3S/c1-2-19-11-28-21(34-19)17-5-16(6-18(7-17)33-13-14-3-4-32-12-14)20(31)27-8-15-9-29-22(30-10-15)23(24,25)26/h5-7,9-11,14H,2-4,8,12-13H2,1H3,(H,27,31)/t14-/m0/s1. The molecule has 7 nitrogen and oxygen atoms in total. The number of nitrogens with zero attached hydrogens (tertiary/aromatic N) is 3. The Morgan fingerprint density at radius 2 is 2.00 bits per heavy atom. The Labute approximate surface area is 198 Å². The number of aryl methyl sites for hydroxylation is 1. The van der Waals surface area contributed by atoms with E-state index < -0.39 is 17.9 Å². The Hall–Kier alpha value is -3.05. The van der Waals surface area contributed by atoms with Crippen LogP contribution < -0.4 is 10.1 Å². The molecular formula is C23H23F3N4O3S. The molecule has 11 heteroatoms. The average Bonchev–Trinajstić information content (AvgIpc) is 3.53. The van der Waals surface area contributed by atoms with Crippen molar-refractivity contribution in [3.63, 3.8) is 0 Å². The van der Waals surface area contributed by atoms with Crippen molar-refractivity contribution in [2.45, 2.75) is 32.5 Å². The largest absolute Gasteiger partial charge is 0.493 e. The number of alkyl halides is 3. The van der Waals surface area contributed by atoms with Gasteiger partial charge >= 0.3 is 6.18 Å². The third kappa shape index (κ3) is 6.09. The molecule has 1 aliphatic heterocycles. The van der Waals surface area contributed by atoms with Gasteiger partial charge in [-0.2, -0.15) is 13.2 Å². The van der Waals surface area contributed by atoms with Gasteiger partial charge in [-0.1, -0.05) is 6.92 Å². The maximum Gasteiger partial charge on any atom is 0.451 e. The van der Waals surface area contributed by atoms with Crippen LogP contribution in [0.3, 0.4) is 0 Å². The summed E-state index contributed by atoms with van der Waals surface area (Å²) in [5.41, 5.74) is 1.46. The number of thiazole rings is 1. The zero-order valence-corrected chi connectivity index (χ0v) is 19.2. The first-order chi connectivity index (χ1) is 16.3. The number of benzene rings is 1. The van der Waals surface area contributed by atoms with Gasteiger partial charge in [-0.15, -0.1) is 11.3 Å². The van der Waals surface area contributed by atoms with E-state index in [0.29, 0.717) is 42.6 Å². The molecule has 1 saturated heterocycles. The van der Waals surface area contributed by atoms with Crippen LogP contribution in [-0.4, -0.2) is 40.7 Å². The smallest absolute Gasteiger partial charge is 0.451 e. The second-order valence-corrected chi connectivity index (χ2v) is 8.98. The lowest BCUT2D eigenvalue weighted by Gasteiger charge is -2.13. The minimum atomic E-state index is -4.61. The number of rotatable bonds is 8. The molecule has 0 spiro atoms. The van der Waals surface area contributed by atoms with Gasteiger partial charge < -0.3 is 14.8 Å². The fourth-order valence-corrected chi connectivity index (χ4v) is 4.19. The van der Waals surface area contributed by atoms with Gasteiger partial charge in [0.15, 0.2) is 0 Å². The molecule has 180 valence electrons. The normalized spacial score (nSPS) is 15.9. The minimum Gasteiger partial charge on any atom is -0.493 e. The third-order valence-corrected chi connectivity index (χ3v) is 6.43. The van der Waals surface area contributed by atoms with Gasteiger partial charge in [-0.05, 0) is 31.0 Å². The van der Waals surface area contributed by atoms with Crippen molar-refractivity contribution in [2.24, 2.45) is 5.92 Å². The van der Waals surface area contributed by atoms with E-state index in [1.54, 1.807) is 23.5 Å². The lowest BCUT2D eigenvalue weighted by atomic mass is 10.1. The van der Waals surface area contributed by atoms with Crippen LogP contribution >= 0.6 is 11.3 Å². The quantitative estimate of drug-likeness (QED) is 0.498. The van der Waals surface area contributed by atoms with Crippen molar-refractivity contribution in [3.05, 3.63) is 58.6 Å². The number of carbonyl (C=O) groups excluding carboxylic acids is 1. The topological polar surface area (TPSA) is 86.2 Å². The number of amides is 1. The van der Waals surface area contributed by atoms with Crippen LogP contribution in [-0.2, 0) is 23.9 Å². The molecule has 0 radical (unpaired) electrons. The fourth-order valence-electron chi connectivity index (χ4n) is 3.35. The number of aromatic nitrogens is 3. The molecule has 1 fully saturated rings. The van der Waals surface area contributed by atoms with Crippen LogP contribution in [0, 0.1) is 5.92 Å². The van der Waals surface area contributed by atoms with Crippen molar-refractivity contribution in [2.75, 3.05) is 19.8 Å². The summed E-state index contributed by atoms with van der Waals surface area (Å²) < 4.78 is 49.3. The van der Waals surface area contributed by atoms with Gasteiger partial charge in [0.05, 0.1) is 13.2 Å². The van der Waals surface area contributed by atoms with Gasteiger partial charge in [0.25, 0.3) is 5.91 Å². The van der Waals surface area contributed by atoms with Gasteiger partial charge in [0.1, 0.15) is 10.8 Å². The molecule has 1 aliphatic rings. The number of halogens is 3. The highest BCUT2D eigenvalue weighted by Crippen LogP contribution is 2.30. The molecule has 3 aromatic rings. The summed E-state index contributed by atoms with van der Waals surface area (Å²) in [6.07, 6.45) is 1.08. The highest BCUT2D eigenvalue weighted by Gasteiger charge is 2.34. The Morgan fingerprint density at radius 3 is 2.65 bits per heavy atom. The van der Waals surface area contributed by atoms with Gasteiger partial charge in [0.2, 0.25) is 5.82 Å². The Morgan fingerprint density at radius 1 is 1.21 bits per heavy atom. The minimum absolute atomic E-state index is 0.0198. The van der Waals surface area contributed by atoms with Gasteiger partial charge in [-0.3, -0.25) is 4.79 Å². The first kappa shape index (κ1) is 24.1. The lowest BCUT2D eigenvalue weighted by Crippen LogP contribution is -2.23. The molecule has 34 heavy (non-hydrogen) atoms. The van der Waals surface area contributed by atoms with Crippen LogP contribution in [0.5, 0.6) is 5.75 Å². The molecule has 1 amide bonds. The van der Waals surface area contributed by atoms with Crippen LogP contribution in [0.1, 0.15) is 40.0 Å². The monoisotopic (exact) mass is 492 g/mol. The third-order valence-electron chi connectivity index (χ3n) is 5.24. The highest BCUT2D eigenvalue weighted by atomic mass is 32.1. The molecule has 0 aliphatic carbocycles. The second kappa shape index (κ2) is 10.5. The number of hydrogen-bond donors (Lipinski definition) is 1. The maximum absolute atomic E-state index is 12.9.